The van der Waals surface area contributed by atoms with Crippen molar-refractivity contribution in [2.75, 3.05) is 20.6 Å². The lowest BCUT2D eigenvalue weighted by Crippen LogP contribution is -2.39. The quantitative estimate of drug-likeness (QED) is 0.875. The Labute approximate surface area is 111 Å². The fourth-order valence-corrected chi connectivity index (χ4v) is 1.88. The number of nitrogens with one attached hydrogen (secondary N) is 1. The molecule has 2 heterocycles. The SMILES string of the molecule is CC(CN(C)C)NC(=O)c1ccc2cncnc2n1. The molecule has 0 aliphatic rings. The van der Waals surface area contributed by atoms with Crippen LogP contribution in [0.4, 0.5) is 0 Å². The van der Waals surface area contributed by atoms with E-state index in [1.165, 1.54) is 6.33 Å². The van der Waals surface area contributed by atoms with Gasteiger partial charge in [0, 0.05) is 24.2 Å². The fraction of sp³-hybridized carbons (Fsp3) is 0.385. The molecule has 1 N–H and O–H groups in total. The van der Waals surface area contributed by atoms with E-state index in [0.717, 1.165) is 11.9 Å². The van der Waals surface area contributed by atoms with Crippen LogP contribution in [0, 0.1) is 0 Å². The van der Waals surface area contributed by atoms with E-state index in [1.54, 1.807) is 18.3 Å². The Kier molecular flexibility index (Phi) is 4.01. The van der Waals surface area contributed by atoms with Gasteiger partial charge in [-0.15, -0.1) is 0 Å². The molecule has 0 spiro atoms. The van der Waals surface area contributed by atoms with E-state index >= 15 is 0 Å². The maximum Gasteiger partial charge on any atom is 0.270 e. The molecule has 6 nitrogen and oxygen atoms in total. The summed E-state index contributed by atoms with van der Waals surface area (Å²) < 4.78 is 0. The molecule has 1 amide bonds. The van der Waals surface area contributed by atoms with Crippen LogP contribution in [0.2, 0.25) is 0 Å². The second kappa shape index (κ2) is 5.71. The van der Waals surface area contributed by atoms with E-state index in [2.05, 4.69) is 20.3 Å². The van der Waals surface area contributed by atoms with E-state index in [1.807, 2.05) is 25.9 Å². The molecule has 100 valence electrons. The summed E-state index contributed by atoms with van der Waals surface area (Å²) in [5, 5.41) is 3.73. The Morgan fingerprint density at radius 2 is 2.21 bits per heavy atom. The summed E-state index contributed by atoms with van der Waals surface area (Å²) in [6.07, 6.45) is 3.09. The third-order valence-corrected chi connectivity index (χ3v) is 2.61. The van der Waals surface area contributed by atoms with Crippen LogP contribution >= 0.6 is 0 Å². The highest BCUT2D eigenvalue weighted by Gasteiger charge is 2.12. The van der Waals surface area contributed by atoms with Crippen LogP contribution in [0.3, 0.4) is 0 Å². The lowest BCUT2D eigenvalue weighted by Gasteiger charge is -2.18. The topological polar surface area (TPSA) is 71.0 Å². The predicted octanol–water partition coefficient (Wildman–Crippen LogP) is 0.705. The van der Waals surface area contributed by atoms with Crippen LogP contribution in [0.15, 0.2) is 24.7 Å². The standard InChI is InChI=1S/C13H17N5O/c1-9(7-18(2)3)16-13(19)11-5-4-10-6-14-8-15-12(10)17-11/h4-6,8-9H,7H2,1-3H3,(H,16,19). The average Bonchev–Trinajstić information content (AvgIpc) is 2.37. The van der Waals surface area contributed by atoms with Gasteiger partial charge in [0.05, 0.1) is 0 Å². The van der Waals surface area contributed by atoms with Gasteiger partial charge in [-0.25, -0.2) is 15.0 Å². The van der Waals surface area contributed by atoms with Gasteiger partial charge in [-0.1, -0.05) is 0 Å². The molecule has 0 saturated carbocycles. The lowest BCUT2D eigenvalue weighted by atomic mass is 10.2. The smallest absolute Gasteiger partial charge is 0.270 e. The molecule has 1 unspecified atom stereocenters. The zero-order valence-electron chi connectivity index (χ0n) is 11.3. The summed E-state index contributed by atoms with van der Waals surface area (Å²) >= 11 is 0. The fourth-order valence-electron chi connectivity index (χ4n) is 1.88. The maximum atomic E-state index is 12.0. The van der Waals surface area contributed by atoms with E-state index in [9.17, 15) is 4.79 Å². The molecule has 6 heteroatoms. The van der Waals surface area contributed by atoms with E-state index < -0.39 is 0 Å². The average molecular weight is 259 g/mol. The number of hydrogen-bond acceptors (Lipinski definition) is 5. The van der Waals surface area contributed by atoms with Crippen molar-refractivity contribution in [2.24, 2.45) is 0 Å². The van der Waals surface area contributed by atoms with Gasteiger partial charge < -0.3 is 10.2 Å². The van der Waals surface area contributed by atoms with E-state index in [-0.39, 0.29) is 11.9 Å². The number of amides is 1. The molecule has 0 radical (unpaired) electrons. The van der Waals surface area contributed by atoms with E-state index in [0.29, 0.717) is 11.3 Å². The largest absolute Gasteiger partial charge is 0.347 e. The van der Waals surface area contributed by atoms with Gasteiger partial charge in [0.1, 0.15) is 12.0 Å². The second-order valence-corrected chi connectivity index (χ2v) is 4.77. The Hall–Kier alpha value is -2.08. The minimum Gasteiger partial charge on any atom is -0.347 e. The predicted molar refractivity (Wildman–Crippen MR) is 72.8 cm³/mol. The lowest BCUT2D eigenvalue weighted by molar-refractivity contribution is 0.0929. The number of fused-ring (bicyclic) bond motifs is 1. The summed E-state index contributed by atoms with van der Waals surface area (Å²) in [7, 11) is 3.93. The first-order valence-electron chi connectivity index (χ1n) is 6.08. The number of nitrogens with zero attached hydrogens (tertiary/aromatic N) is 4. The zero-order chi connectivity index (χ0) is 13.8. The number of carbonyl (C=O) groups is 1. The van der Waals surface area contributed by atoms with Crippen molar-refractivity contribution in [2.45, 2.75) is 13.0 Å². The molecule has 0 saturated heterocycles. The molecule has 0 bridgehead atoms. The first-order valence-corrected chi connectivity index (χ1v) is 6.08. The second-order valence-electron chi connectivity index (χ2n) is 4.77. The van der Waals surface area contributed by atoms with Crippen LogP contribution in [0.25, 0.3) is 11.0 Å². The van der Waals surface area contributed by atoms with Crippen LogP contribution < -0.4 is 5.32 Å². The van der Waals surface area contributed by atoms with Crippen LogP contribution in [-0.2, 0) is 0 Å². The Bertz CT molecular complexity index is 584. The minimum absolute atomic E-state index is 0.0606. The molecule has 1 atom stereocenters. The van der Waals surface area contributed by atoms with Crippen molar-refractivity contribution >= 4 is 16.9 Å². The molecule has 0 aliphatic carbocycles. The molecular weight excluding hydrogens is 242 g/mol. The van der Waals surface area contributed by atoms with Gasteiger partial charge >= 0.3 is 0 Å². The molecule has 2 aromatic heterocycles. The van der Waals surface area contributed by atoms with Crippen molar-refractivity contribution in [3.63, 3.8) is 0 Å². The van der Waals surface area contributed by atoms with Crippen molar-refractivity contribution in [1.29, 1.82) is 0 Å². The minimum atomic E-state index is -0.185. The maximum absolute atomic E-state index is 12.0. The molecule has 0 fully saturated rings. The summed E-state index contributed by atoms with van der Waals surface area (Å²) in [5.74, 6) is -0.185. The molecule has 19 heavy (non-hydrogen) atoms. The van der Waals surface area contributed by atoms with Gasteiger partial charge in [-0.2, -0.15) is 0 Å². The van der Waals surface area contributed by atoms with Crippen molar-refractivity contribution in [3.05, 3.63) is 30.4 Å². The Balaban J connectivity index is 2.13. The van der Waals surface area contributed by atoms with Crippen LogP contribution in [0.5, 0.6) is 0 Å². The Morgan fingerprint density at radius 3 is 2.95 bits per heavy atom. The Morgan fingerprint density at radius 1 is 1.42 bits per heavy atom. The molecule has 2 rings (SSSR count). The first-order chi connectivity index (χ1) is 9.06. The number of carbonyl (C=O) groups excluding carboxylic acids is 1. The number of pyridine rings is 1. The first kappa shape index (κ1) is 13.4. The molecule has 0 aliphatic heterocycles. The van der Waals surface area contributed by atoms with Gasteiger partial charge in [0.25, 0.3) is 5.91 Å². The van der Waals surface area contributed by atoms with Crippen molar-refractivity contribution < 1.29 is 4.79 Å². The van der Waals surface area contributed by atoms with Gasteiger partial charge in [0.15, 0.2) is 5.65 Å². The zero-order valence-corrected chi connectivity index (χ0v) is 11.3. The van der Waals surface area contributed by atoms with Crippen LogP contribution in [0.1, 0.15) is 17.4 Å². The number of hydrogen-bond donors (Lipinski definition) is 1. The highest BCUT2D eigenvalue weighted by atomic mass is 16.1. The van der Waals surface area contributed by atoms with Crippen LogP contribution in [-0.4, -0.2) is 52.4 Å². The number of likely N-dealkylation sites (N-methyl/N-ethyl adjacent to an activating group) is 1. The summed E-state index contributed by atoms with van der Waals surface area (Å²) in [6.45, 7) is 2.74. The molecule has 2 aromatic rings. The summed E-state index contributed by atoms with van der Waals surface area (Å²) in [5.41, 5.74) is 0.903. The van der Waals surface area contributed by atoms with Crippen molar-refractivity contribution in [1.82, 2.24) is 25.2 Å². The highest BCUT2D eigenvalue weighted by Crippen LogP contribution is 2.07. The van der Waals surface area contributed by atoms with Crippen molar-refractivity contribution in [3.8, 4) is 0 Å². The molecular formula is C13H17N5O. The monoisotopic (exact) mass is 259 g/mol. The third kappa shape index (κ3) is 3.45. The van der Waals surface area contributed by atoms with E-state index in [4.69, 9.17) is 0 Å². The third-order valence-electron chi connectivity index (χ3n) is 2.61. The van der Waals surface area contributed by atoms with Gasteiger partial charge in [0.2, 0.25) is 0 Å². The normalized spacial score (nSPS) is 12.6. The summed E-state index contributed by atoms with van der Waals surface area (Å²) in [6, 6.07) is 3.54. The van der Waals surface area contributed by atoms with Gasteiger partial charge in [-0.05, 0) is 33.2 Å². The molecule has 0 aromatic carbocycles. The number of rotatable bonds is 4. The highest BCUT2D eigenvalue weighted by molar-refractivity contribution is 5.94. The number of aromatic nitrogens is 3. The summed E-state index contributed by atoms with van der Waals surface area (Å²) in [4.78, 5) is 26.2. The van der Waals surface area contributed by atoms with Gasteiger partial charge in [-0.3, -0.25) is 4.79 Å².